The van der Waals surface area contributed by atoms with E-state index < -0.39 is 24.5 Å². The fourth-order valence-corrected chi connectivity index (χ4v) is 3.40. The second-order valence-electron chi connectivity index (χ2n) is 6.79. The van der Waals surface area contributed by atoms with Gasteiger partial charge in [-0.2, -0.15) is 8.78 Å². The Bertz CT molecular complexity index is 865. The van der Waals surface area contributed by atoms with E-state index in [0.717, 1.165) is 6.42 Å². The molecule has 7 nitrogen and oxygen atoms in total. The second kappa shape index (κ2) is 11.5. The van der Waals surface area contributed by atoms with Crippen molar-refractivity contribution in [1.82, 2.24) is 5.32 Å². The number of dihydropyridines is 1. The van der Waals surface area contributed by atoms with Crippen LogP contribution in [0.3, 0.4) is 0 Å². The molecule has 1 aliphatic heterocycles. The number of hydrogen-bond acceptors (Lipinski definition) is 7. The molecule has 1 atom stereocenters. The van der Waals surface area contributed by atoms with Crippen molar-refractivity contribution in [3.63, 3.8) is 0 Å². The summed E-state index contributed by atoms with van der Waals surface area (Å²) >= 11 is 0. The molecule has 0 saturated carbocycles. The van der Waals surface area contributed by atoms with Gasteiger partial charge < -0.3 is 24.3 Å². The van der Waals surface area contributed by atoms with Gasteiger partial charge in [0.15, 0.2) is 0 Å². The summed E-state index contributed by atoms with van der Waals surface area (Å²) in [4.78, 5) is 25.6. The maximum Gasteiger partial charge on any atom is 0.387 e. The predicted octanol–water partition coefficient (Wildman–Crippen LogP) is 3.67. The third-order valence-electron chi connectivity index (χ3n) is 4.64. The number of alkyl halides is 2. The third-order valence-corrected chi connectivity index (χ3v) is 4.64. The maximum absolute atomic E-state index is 13.0. The fraction of sp³-hybridized carbons (Fsp3) is 0.455. The van der Waals surface area contributed by atoms with E-state index in [0.29, 0.717) is 18.0 Å². The molecule has 0 bridgehead atoms. The second-order valence-corrected chi connectivity index (χ2v) is 6.79. The summed E-state index contributed by atoms with van der Waals surface area (Å²) in [6.45, 7) is 2.93. The summed E-state index contributed by atoms with van der Waals surface area (Å²) in [5.41, 5.74) is 1.29. The normalized spacial score (nSPS) is 16.3. The molecule has 0 spiro atoms. The Labute approximate surface area is 180 Å². The molecule has 0 fully saturated rings. The minimum Gasteiger partial charge on any atom is -0.466 e. The van der Waals surface area contributed by atoms with Crippen LogP contribution in [0.25, 0.3) is 0 Å². The number of carbonyl (C=O) groups excluding carboxylic acids is 2. The molecular weight excluding hydrogens is 412 g/mol. The van der Waals surface area contributed by atoms with Gasteiger partial charge in [0.2, 0.25) is 0 Å². The van der Waals surface area contributed by atoms with Gasteiger partial charge in [-0.05, 0) is 26.3 Å². The predicted molar refractivity (Wildman–Crippen MR) is 108 cm³/mol. The van der Waals surface area contributed by atoms with E-state index >= 15 is 0 Å². The highest BCUT2D eigenvalue weighted by Gasteiger charge is 2.39. The highest BCUT2D eigenvalue weighted by Crippen LogP contribution is 2.42. The van der Waals surface area contributed by atoms with E-state index in [2.05, 4.69) is 10.1 Å². The lowest BCUT2D eigenvalue weighted by Crippen LogP contribution is -2.32. The zero-order valence-electron chi connectivity index (χ0n) is 18.0. The van der Waals surface area contributed by atoms with Crippen LogP contribution in [0.15, 0.2) is 46.8 Å². The molecule has 0 amide bonds. The molecule has 0 saturated heterocycles. The molecule has 1 aromatic carbocycles. The summed E-state index contributed by atoms with van der Waals surface area (Å²) in [6, 6.07) is 6.01. The molecule has 1 unspecified atom stereocenters. The number of allylic oxidation sites excluding steroid dienone is 2. The summed E-state index contributed by atoms with van der Waals surface area (Å²) in [6.07, 6.45) is 0.831. The average molecular weight is 439 g/mol. The molecule has 0 radical (unpaired) electrons. The van der Waals surface area contributed by atoms with Gasteiger partial charge in [-0.25, -0.2) is 9.59 Å². The van der Waals surface area contributed by atoms with Crippen LogP contribution in [-0.4, -0.2) is 45.5 Å². The van der Waals surface area contributed by atoms with Crippen molar-refractivity contribution < 1.29 is 37.3 Å². The lowest BCUT2D eigenvalue weighted by Gasteiger charge is -2.31. The minimum absolute atomic E-state index is 0.00771. The van der Waals surface area contributed by atoms with Crippen LogP contribution in [0, 0.1) is 0 Å². The van der Waals surface area contributed by atoms with Crippen LogP contribution in [0.4, 0.5) is 8.78 Å². The van der Waals surface area contributed by atoms with Crippen LogP contribution in [0.5, 0.6) is 5.75 Å². The van der Waals surface area contributed by atoms with Gasteiger partial charge in [-0.1, -0.05) is 25.1 Å². The highest BCUT2D eigenvalue weighted by atomic mass is 19.3. The highest BCUT2D eigenvalue weighted by molar-refractivity contribution is 6.00. The van der Waals surface area contributed by atoms with Crippen molar-refractivity contribution in [2.75, 3.05) is 26.9 Å². The summed E-state index contributed by atoms with van der Waals surface area (Å²) < 4.78 is 46.2. The molecule has 1 aliphatic rings. The number of rotatable bonds is 10. The first-order valence-electron chi connectivity index (χ1n) is 9.87. The van der Waals surface area contributed by atoms with Crippen LogP contribution < -0.4 is 10.1 Å². The van der Waals surface area contributed by atoms with E-state index in [9.17, 15) is 18.4 Å². The number of ether oxygens (including phenoxy) is 4. The SMILES string of the molecule is CCCOCCOC(=O)C1=C(C)NC(C)=C(C(=O)OC)C1c1ccccc1OC(F)F. The largest absolute Gasteiger partial charge is 0.466 e. The standard InChI is InChI=1S/C22H27F2NO6/c1-5-10-29-11-12-30-21(27)18-14(3)25-13(2)17(20(26)28-4)19(18)15-8-6-7-9-16(15)31-22(23)24/h6-9,19,22,25H,5,10-12H2,1-4H3. The molecule has 9 heteroatoms. The molecule has 1 N–H and O–H groups in total. The third kappa shape index (κ3) is 6.04. The molecular formula is C22H27F2NO6. The van der Waals surface area contributed by atoms with Crippen molar-refractivity contribution in [2.45, 2.75) is 39.7 Å². The maximum atomic E-state index is 13.0. The molecule has 0 aromatic heterocycles. The van der Waals surface area contributed by atoms with Crippen molar-refractivity contribution in [2.24, 2.45) is 0 Å². The van der Waals surface area contributed by atoms with Gasteiger partial charge in [0.1, 0.15) is 12.4 Å². The van der Waals surface area contributed by atoms with Gasteiger partial charge in [0, 0.05) is 23.6 Å². The van der Waals surface area contributed by atoms with E-state index in [1.165, 1.54) is 25.3 Å². The number of esters is 2. The first-order chi connectivity index (χ1) is 14.8. The molecule has 31 heavy (non-hydrogen) atoms. The van der Waals surface area contributed by atoms with Crippen molar-refractivity contribution >= 4 is 11.9 Å². The van der Waals surface area contributed by atoms with E-state index in [-0.39, 0.29) is 35.7 Å². The number of hydrogen-bond donors (Lipinski definition) is 1. The fourth-order valence-electron chi connectivity index (χ4n) is 3.40. The van der Waals surface area contributed by atoms with Gasteiger partial charge >= 0.3 is 18.6 Å². The Balaban J connectivity index is 2.49. The smallest absolute Gasteiger partial charge is 0.387 e. The topological polar surface area (TPSA) is 83.1 Å². The van der Waals surface area contributed by atoms with E-state index in [4.69, 9.17) is 14.2 Å². The number of halogens is 2. The number of para-hydroxylation sites is 1. The van der Waals surface area contributed by atoms with Crippen molar-refractivity contribution in [3.8, 4) is 5.75 Å². The van der Waals surface area contributed by atoms with Crippen molar-refractivity contribution in [1.29, 1.82) is 0 Å². The Morgan fingerprint density at radius 2 is 1.68 bits per heavy atom. The van der Waals surface area contributed by atoms with Crippen LogP contribution in [0.2, 0.25) is 0 Å². The van der Waals surface area contributed by atoms with Crippen LogP contribution in [-0.2, 0) is 23.8 Å². The first-order valence-corrected chi connectivity index (χ1v) is 9.87. The van der Waals surface area contributed by atoms with Gasteiger partial charge in [-0.3, -0.25) is 0 Å². The number of nitrogens with one attached hydrogen (secondary N) is 1. The van der Waals surface area contributed by atoms with Gasteiger partial charge in [0.05, 0.1) is 30.8 Å². The zero-order valence-corrected chi connectivity index (χ0v) is 18.0. The average Bonchev–Trinajstić information content (AvgIpc) is 2.72. The molecule has 0 aliphatic carbocycles. The summed E-state index contributed by atoms with van der Waals surface area (Å²) in [7, 11) is 1.20. The Hall–Kier alpha value is -2.94. The van der Waals surface area contributed by atoms with E-state index in [1.807, 2.05) is 6.92 Å². The first kappa shape index (κ1) is 24.3. The number of benzene rings is 1. The molecule has 170 valence electrons. The quantitative estimate of drug-likeness (QED) is 0.440. The lowest BCUT2D eigenvalue weighted by atomic mass is 9.80. The summed E-state index contributed by atoms with van der Waals surface area (Å²) in [5, 5.41) is 2.98. The lowest BCUT2D eigenvalue weighted by molar-refractivity contribution is -0.141. The van der Waals surface area contributed by atoms with Crippen molar-refractivity contribution in [3.05, 3.63) is 52.4 Å². The molecule has 1 aromatic rings. The van der Waals surface area contributed by atoms with Crippen LogP contribution >= 0.6 is 0 Å². The number of methoxy groups -OCH3 is 1. The molecule has 1 heterocycles. The van der Waals surface area contributed by atoms with Gasteiger partial charge in [-0.15, -0.1) is 0 Å². The van der Waals surface area contributed by atoms with E-state index in [1.54, 1.807) is 19.9 Å². The Kier molecular flexibility index (Phi) is 8.99. The van der Waals surface area contributed by atoms with Crippen LogP contribution in [0.1, 0.15) is 38.7 Å². The summed E-state index contributed by atoms with van der Waals surface area (Å²) in [5.74, 6) is -2.57. The van der Waals surface area contributed by atoms with Gasteiger partial charge in [0.25, 0.3) is 0 Å². The zero-order chi connectivity index (χ0) is 23.0. The number of carbonyl (C=O) groups is 2. The molecule has 2 rings (SSSR count). The monoisotopic (exact) mass is 439 g/mol. The Morgan fingerprint density at radius 1 is 1.03 bits per heavy atom. The minimum atomic E-state index is -3.08. The Morgan fingerprint density at radius 3 is 2.29 bits per heavy atom.